The third kappa shape index (κ3) is 7.37. The summed E-state index contributed by atoms with van der Waals surface area (Å²) in [7, 11) is 0. The Bertz CT molecular complexity index is 546. The Morgan fingerprint density at radius 3 is 2.55 bits per heavy atom. The third-order valence-corrected chi connectivity index (χ3v) is 2.93. The Labute approximate surface area is 127 Å². The molecular weight excluding hydrogens is 291 g/mol. The standard InChI is InChI=1S/C15H19FN2O4/c16-12-7-8-13(19)11(9-12)10-17-18-14(20)5-3-1-2-4-6-15(21)22/h7-10,19H,1-6H2,(H,18,20)(H,21,22)/b17-10+. The zero-order valence-corrected chi connectivity index (χ0v) is 12.1. The molecule has 0 saturated heterocycles. The Balaban J connectivity index is 2.21. The summed E-state index contributed by atoms with van der Waals surface area (Å²) in [4.78, 5) is 21.8. The number of nitrogens with one attached hydrogen (secondary N) is 1. The molecule has 0 bridgehead atoms. The highest BCUT2D eigenvalue weighted by Crippen LogP contribution is 2.15. The van der Waals surface area contributed by atoms with E-state index in [4.69, 9.17) is 5.11 Å². The quantitative estimate of drug-likeness (QED) is 0.370. The van der Waals surface area contributed by atoms with E-state index in [0.29, 0.717) is 12.8 Å². The number of carbonyl (C=O) groups is 2. The molecule has 6 nitrogen and oxygen atoms in total. The third-order valence-electron chi connectivity index (χ3n) is 2.93. The van der Waals surface area contributed by atoms with Crippen LogP contribution in [0.4, 0.5) is 4.39 Å². The number of unbranched alkanes of at least 4 members (excludes halogenated alkanes) is 3. The summed E-state index contributed by atoms with van der Waals surface area (Å²) in [6, 6.07) is 3.43. The van der Waals surface area contributed by atoms with Crippen molar-refractivity contribution in [2.24, 2.45) is 5.10 Å². The summed E-state index contributed by atoms with van der Waals surface area (Å²) in [6.45, 7) is 0. The molecule has 0 aliphatic carbocycles. The highest BCUT2D eigenvalue weighted by Gasteiger charge is 2.02. The molecule has 0 spiro atoms. The van der Waals surface area contributed by atoms with Crippen molar-refractivity contribution in [3.05, 3.63) is 29.6 Å². The van der Waals surface area contributed by atoms with E-state index in [0.717, 1.165) is 25.0 Å². The predicted molar refractivity (Wildman–Crippen MR) is 79.1 cm³/mol. The molecule has 0 radical (unpaired) electrons. The number of carboxylic acids is 1. The van der Waals surface area contributed by atoms with Crippen LogP contribution in [-0.4, -0.2) is 28.3 Å². The van der Waals surface area contributed by atoms with Crippen molar-refractivity contribution in [2.45, 2.75) is 38.5 Å². The number of hydrogen-bond donors (Lipinski definition) is 3. The van der Waals surface area contributed by atoms with Gasteiger partial charge in [-0.05, 0) is 31.0 Å². The molecule has 1 aromatic carbocycles. The van der Waals surface area contributed by atoms with Crippen molar-refractivity contribution >= 4 is 18.1 Å². The second-order valence-electron chi connectivity index (χ2n) is 4.80. The first-order valence-corrected chi connectivity index (χ1v) is 7.01. The molecule has 0 heterocycles. The van der Waals surface area contributed by atoms with Crippen LogP contribution in [0.1, 0.15) is 44.1 Å². The van der Waals surface area contributed by atoms with E-state index >= 15 is 0 Å². The van der Waals surface area contributed by atoms with E-state index in [1.165, 1.54) is 12.3 Å². The molecule has 0 unspecified atom stereocenters. The van der Waals surface area contributed by atoms with Gasteiger partial charge < -0.3 is 10.2 Å². The predicted octanol–water partition coefficient (Wildman–Crippen LogP) is 2.41. The monoisotopic (exact) mass is 310 g/mol. The first-order chi connectivity index (χ1) is 10.5. The second-order valence-corrected chi connectivity index (χ2v) is 4.80. The van der Waals surface area contributed by atoms with Gasteiger partial charge in [-0.3, -0.25) is 9.59 Å². The number of phenols is 1. The largest absolute Gasteiger partial charge is 0.507 e. The van der Waals surface area contributed by atoms with Gasteiger partial charge >= 0.3 is 5.97 Å². The maximum atomic E-state index is 13.0. The van der Waals surface area contributed by atoms with Crippen LogP contribution in [0, 0.1) is 5.82 Å². The fraction of sp³-hybridized carbons (Fsp3) is 0.400. The number of nitrogens with zero attached hydrogens (tertiary/aromatic N) is 1. The SMILES string of the molecule is O=C(O)CCCCCCC(=O)N/N=C/c1cc(F)ccc1O. The second kappa shape index (κ2) is 9.49. The highest BCUT2D eigenvalue weighted by molar-refractivity contribution is 5.85. The Kier molecular flexibility index (Phi) is 7.60. The van der Waals surface area contributed by atoms with Gasteiger partial charge in [0.25, 0.3) is 0 Å². The topological polar surface area (TPSA) is 99.0 Å². The van der Waals surface area contributed by atoms with Crippen molar-refractivity contribution in [3.63, 3.8) is 0 Å². The van der Waals surface area contributed by atoms with Crippen LogP contribution < -0.4 is 5.43 Å². The number of rotatable bonds is 9. The van der Waals surface area contributed by atoms with Gasteiger partial charge in [0.1, 0.15) is 11.6 Å². The lowest BCUT2D eigenvalue weighted by Gasteiger charge is -2.01. The van der Waals surface area contributed by atoms with Crippen molar-refractivity contribution in [2.75, 3.05) is 0 Å². The van der Waals surface area contributed by atoms with Crippen LogP contribution in [-0.2, 0) is 9.59 Å². The zero-order valence-electron chi connectivity index (χ0n) is 12.1. The van der Waals surface area contributed by atoms with E-state index in [9.17, 15) is 19.1 Å². The number of hydrogen-bond acceptors (Lipinski definition) is 4. The minimum absolute atomic E-state index is 0.127. The van der Waals surface area contributed by atoms with Gasteiger partial charge in [0, 0.05) is 18.4 Å². The average molecular weight is 310 g/mol. The number of phenolic OH excluding ortho intramolecular Hbond substituents is 1. The first kappa shape index (κ1) is 17.6. The molecule has 0 atom stereocenters. The molecule has 1 rings (SSSR count). The van der Waals surface area contributed by atoms with Crippen LogP contribution in [0.2, 0.25) is 0 Å². The number of carbonyl (C=O) groups excluding carboxylic acids is 1. The van der Waals surface area contributed by atoms with Crippen molar-refractivity contribution in [1.82, 2.24) is 5.43 Å². The molecule has 1 aromatic rings. The van der Waals surface area contributed by atoms with Gasteiger partial charge in [0.15, 0.2) is 0 Å². The molecule has 7 heteroatoms. The molecule has 0 aromatic heterocycles. The lowest BCUT2D eigenvalue weighted by atomic mass is 10.1. The average Bonchev–Trinajstić information content (AvgIpc) is 2.46. The molecule has 0 aliphatic heterocycles. The normalized spacial score (nSPS) is 10.8. The Morgan fingerprint density at radius 1 is 1.18 bits per heavy atom. The van der Waals surface area contributed by atoms with Crippen molar-refractivity contribution < 1.29 is 24.2 Å². The summed E-state index contributed by atoms with van der Waals surface area (Å²) in [5.74, 6) is -1.73. The highest BCUT2D eigenvalue weighted by atomic mass is 19.1. The lowest BCUT2D eigenvalue weighted by Crippen LogP contribution is -2.16. The number of carboxylic acid groups (broad SMARTS) is 1. The Hall–Kier alpha value is -2.44. The minimum Gasteiger partial charge on any atom is -0.507 e. The van der Waals surface area contributed by atoms with Crippen molar-refractivity contribution in [3.8, 4) is 5.75 Å². The zero-order chi connectivity index (χ0) is 16.4. The van der Waals surface area contributed by atoms with Crippen LogP contribution in [0.15, 0.2) is 23.3 Å². The van der Waals surface area contributed by atoms with Crippen LogP contribution >= 0.6 is 0 Å². The maximum Gasteiger partial charge on any atom is 0.303 e. The summed E-state index contributed by atoms with van der Waals surface area (Å²) in [5.41, 5.74) is 2.46. The number of hydrazone groups is 1. The molecule has 0 saturated carbocycles. The number of halogens is 1. The van der Waals surface area contributed by atoms with E-state index in [1.807, 2.05) is 0 Å². The van der Waals surface area contributed by atoms with E-state index in [2.05, 4.69) is 10.5 Å². The first-order valence-electron chi connectivity index (χ1n) is 7.01. The summed E-state index contributed by atoms with van der Waals surface area (Å²) in [6.07, 6.45) is 4.38. The van der Waals surface area contributed by atoms with Gasteiger partial charge in [-0.1, -0.05) is 12.8 Å². The lowest BCUT2D eigenvalue weighted by molar-refractivity contribution is -0.137. The molecule has 22 heavy (non-hydrogen) atoms. The van der Waals surface area contributed by atoms with E-state index < -0.39 is 11.8 Å². The Morgan fingerprint density at radius 2 is 1.86 bits per heavy atom. The molecule has 120 valence electrons. The van der Waals surface area contributed by atoms with Gasteiger partial charge in [0.2, 0.25) is 5.91 Å². The number of benzene rings is 1. The summed E-state index contributed by atoms with van der Waals surface area (Å²) in [5, 5.41) is 21.6. The van der Waals surface area contributed by atoms with Gasteiger partial charge in [-0.2, -0.15) is 5.10 Å². The smallest absolute Gasteiger partial charge is 0.303 e. The fourth-order valence-electron chi connectivity index (χ4n) is 1.77. The molecule has 3 N–H and O–H groups in total. The minimum atomic E-state index is -0.812. The number of aromatic hydroxyl groups is 1. The van der Waals surface area contributed by atoms with Crippen LogP contribution in [0.5, 0.6) is 5.75 Å². The molecule has 0 aliphatic rings. The van der Waals surface area contributed by atoms with E-state index in [1.54, 1.807) is 0 Å². The maximum absolute atomic E-state index is 13.0. The summed E-state index contributed by atoms with van der Waals surface area (Å²) < 4.78 is 13.0. The van der Waals surface area contributed by atoms with Crippen LogP contribution in [0.25, 0.3) is 0 Å². The number of amides is 1. The molecule has 1 amide bonds. The van der Waals surface area contributed by atoms with Gasteiger partial charge in [0.05, 0.1) is 6.21 Å². The number of aliphatic carboxylic acids is 1. The van der Waals surface area contributed by atoms with Crippen molar-refractivity contribution in [1.29, 1.82) is 0 Å². The fourth-order valence-corrected chi connectivity index (χ4v) is 1.77. The van der Waals surface area contributed by atoms with Gasteiger partial charge in [-0.25, -0.2) is 9.82 Å². The molecule has 0 fully saturated rings. The van der Waals surface area contributed by atoms with E-state index in [-0.39, 0.29) is 30.1 Å². The van der Waals surface area contributed by atoms with Gasteiger partial charge in [-0.15, -0.1) is 0 Å². The summed E-state index contributed by atoms with van der Waals surface area (Å²) >= 11 is 0. The molecular formula is C15H19FN2O4. The van der Waals surface area contributed by atoms with Crippen LogP contribution in [0.3, 0.4) is 0 Å².